The Kier molecular flexibility index (Phi) is 9.32. The predicted molar refractivity (Wildman–Crippen MR) is 118 cm³/mol. The molecule has 0 spiro atoms. The maximum Gasteiger partial charge on any atom is 0.417 e. The zero-order valence-electron chi connectivity index (χ0n) is 16.6. The lowest BCUT2D eigenvalue weighted by Gasteiger charge is -2.16. The van der Waals surface area contributed by atoms with Crippen molar-refractivity contribution in [3.05, 3.63) is 60.2 Å². The van der Waals surface area contributed by atoms with E-state index in [1.807, 2.05) is 54.6 Å². The molecule has 0 atom stereocenters. The van der Waals surface area contributed by atoms with Gasteiger partial charge in [-0.1, -0.05) is 43.2 Å². The number of halogens is 1. The van der Waals surface area contributed by atoms with Crippen LogP contribution in [0, 0.1) is 5.92 Å². The number of para-hydroxylation sites is 1. The van der Waals surface area contributed by atoms with Crippen LogP contribution in [0.15, 0.2) is 54.6 Å². The zero-order chi connectivity index (χ0) is 18.9. The number of aryl methyl sites for hydroxylation is 1. The normalized spacial score (nSPS) is 13.1. The Balaban J connectivity index is 0.00000280. The van der Waals surface area contributed by atoms with Gasteiger partial charge in [-0.25, -0.2) is 4.79 Å². The SMILES string of the molecule is CN(CCCc1ccc(OC(=O)Nc2ccccc2)cc1)CCCC1CC1.Cl. The van der Waals surface area contributed by atoms with Crippen LogP contribution in [-0.4, -0.2) is 31.1 Å². The number of nitrogens with one attached hydrogen (secondary N) is 1. The molecule has 3 rings (SSSR count). The highest BCUT2D eigenvalue weighted by molar-refractivity contribution is 5.86. The van der Waals surface area contributed by atoms with Gasteiger partial charge in [0.25, 0.3) is 0 Å². The number of anilines is 1. The molecule has 1 saturated carbocycles. The fourth-order valence-electron chi connectivity index (χ4n) is 3.22. The monoisotopic (exact) mass is 402 g/mol. The summed E-state index contributed by atoms with van der Waals surface area (Å²) in [5.41, 5.74) is 2.00. The second kappa shape index (κ2) is 11.7. The molecule has 1 amide bonds. The first-order valence-electron chi connectivity index (χ1n) is 10.0. The van der Waals surface area contributed by atoms with Crippen molar-refractivity contribution < 1.29 is 9.53 Å². The Bertz CT molecular complexity index is 702. The lowest BCUT2D eigenvalue weighted by Crippen LogP contribution is -2.21. The maximum atomic E-state index is 11.9. The van der Waals surface area contributed by atoms with Crippen LogP contribution in [-0.2, 0) is 6.42 Å². The van der Waals surface area contributed by atoms with E-state index >= 15 is 0 Å². The third kappa shape index (κ3) is 8.32. The summed E-state index contributed by atoms with van der Waals surface area (Å²) in [7, 11) is 2.22. The summed E-state index contributed by atoms with van der Waals surface area (Å²) < 4.78 is 5.33. The third-order valence-corrected chi connectivity index (χ3v) is 5.01. The highest BCUT2D eigenvalue weighted by Crippen LogP contribution is 2.33. The van der Waals surface area contributed by atoms with Gasteiger partial charge in [-0.2, -0.15) is 0 Å². The van der Waals surface area contributed by atoms with E-state index in [9.17, 15) is 4.79 Å². The van der Waals surface area contributed by atoms with Crippen molar-refractivity contribution in [2.45, 2.75) is 38.5 Å². The third-order valence-electron chi connectivity index (χ3n) is 5.01. The Hall–Kier alpha value is -2.04. The van der Waals surface area contributed by atoms with E-state index in [-0.39, 0.29) is 12.4 Å². The van der Waals surface area contributed by atoms with E-state index in [4.69, 9.17) is 4.74 Å². The summed E-state index contributed by atoms with van der Waals surface area (Å²) in [6.45, 7) is 2.34. The molecular formula is C23H31ClN2O2. The number of hydrogen-bond donors (Lipinski definition) is 1. The lowest BCUT2D eigenvalue weighted by molar-refractivity contribution is 0.215. The van der Waals surface area contributed by atoms with Crippen LogP contribution in [0.1, 0.15) is 37.7 Å². The largest absolute Gasteiger partial charge is 0.417 e. The zero-order valence-corrected chi connectivity index (χ0v) is 17.4. The minimum Gasteiger partial charge on any atom is -0.410 e. The molecule has 0 unspecified atom stereocenters. The van der Waals surface area contributed by atoms with Gasteiger partial charge in [0.05, 0.1) is 0 Å². The van der Waals surface area contributed by atoms with Crippen molar-refractivity contribution in [1.82, 2.24) is 4.90 Å². The molecular weight excluding hydrogens is 372 g/mol. The molecule has 4 nitrogen and oxygen atoms in total. The van der Waals surface area contributed by atoms with E-state index in [1.165, 1.54) is 37.8 Å². The molecule has 2 aromatic rings. The number of carbonyl (C=O) groups is 1. The van der Waals surface area contributed by atoms with Crippen molar-refractivity contribution in [2.75, 3.05) is 25.5 Å². The number of rotatable bonds is 10. The molecule has 0 heterocycles. The molecule has 1 aliphatic rings. The van der Waals surface area contributed by atoms with Gasteiger partial charge in [0.15, 0.2) is 0 Å². The molecule has 1 fully saturated rings. The van der Waals surface area contributed by atoms with Crippen molar-refractivity contribution in [3.8, 4) is 5.75 Å². The first-order valence-corrected chi connectivity index (χ1v) is 10.0. The molecule has 0 aromatic heterocycles. The highest BCUT2D eigenvalue weighted by Gasteiger charge is 2.20. The van der Waals surface area contributed by atoms with Gasteiger partial charge in [0.1, 0.15) is 5.75 Å². The van der Waals surface area contributed by atoms with Crippen LogP contribution in [0.3, 0.4) is 0 Å². The number of hydrogen-bond acceptors (Lipinski definition) is 3. The average molecular weight is 403 g/mol. The molecule has 1 N–H and O–H groups in total. The van der Waals surface area contributed by atoms with E-state index in [0.29, 0.717) is 5.75 Å². The lowest BCUT2D eigenvalue weighted by atomic mass is 10.1. The first kappa shape index (κ1) is 22.3. The Morgan fingerprint density at radius 1 is 1.04 bits per heavy atom. The molecule has 28 heavy (non-hydrogen) atoms. The quantitative estimate of drug-likeness (QED) is 0.548. The number of ether oxygens (including phenoxy) is 1. The number of benzene rings is 2. The molecule has 152 valence electrons. The summed E-state index contributed by atoms with van der Waals surface area (Å²) in [5, 5.41) is 2.71. The summed E-state index contributed by atoms with van der Waals surface area (Å²) in [6, 6.07) is 17.1. The standard InChI is InChI=1S/C23H30N2O2.ClH/c1-25(17-5-7-19-11-12-19)18-6-8-20-13-15-22(16-14-20)27-23(26)24-21-9-3-2-4-10-21;/h2-4,9-10,13-16,19H,5-8,11-12,17-18H2,1H3,(H,24,26);1H. The minimum absolute atomic E-state index is 0. The summed E-state index contributed by atoms with van der Waals surface area (Å²) in [6.07, 6.45) is 7.37. The predicted octanol–water partition coefficient (Wildman–Crippen LogP) is 5.77. The van der Waals surface area contributed by atoms with Crippen molar-refractivity contribution in [1.29, 1.82) is 0 Å². The smallest absolute Gasteiger partial charge is 0.410 e. The van der Waals surface area contributed by atoms with E-state index < -0.39 is 6.09 Å². The van der Waals surface area contributed by atoms with Crippen LogP contribution >= 0.6 is 12.4 Å². The summed E-state index contributed by atoms with van der Waals surface area (Å²) in [5.74, 6) is 1.60. The van der Waals surface area contributed by atoms with Crippen LogP contribution in [0.5, 0.6) is 5.75 Å². The van der Waals surface area contributed by atoms with E-state index in [1.54, 1.807) is 0 Å². The van der Waals surface area contributed by atoms with Gasteiger partial charge < -0.3 is 9.64 Å². The fourth-order valence-corrected chi connectivity index (χ4v) is 3.22. The van der Waals surface area contributed by atoms with E-state index in [0.717, 1.165) is 31.0 Å². The molecule has 5 heteroatoms. The van der Waals surface area contributed by atoms with Gasteiger partial charge in [0.2, 0.25) is 0 Å². The summed E-state index contributed by atoms with van der Waals surface area (Å²) in [4.78, 5) is 14.3. The van der Waals surface area contributed by atoms with Gasteiger partial charge in [-0.05, 0) is 81.6 Å². The average Bonchev–Trinajstić information content (AvgIpc) is 3.48. The topological polar surface area (TPSA) is 41.6 Å². The van der Waals surface area contributed by atoms with Gasteiger partial charge in [-0.3, -0.25) is 5.32 Å². The molecule has 1 aliphatic carbocycles. The highest BCUT2D eigenvalue weighted by atomic mass is 35.5. The number of carbonyl (C=O) groups excluding carboxylic acids is 1. The minimum atomic E-state index is -0.471. The molecule has 2 aromatic carbocycles. The second-order valence-corrected chi connectivity index (χ2v) is 7.52. The van der Waals surface area contributed by atoms with Crippen LogP contribution < -0.4 is 10.1 Å². The summed E-state index contributed by atoms with van der Waals surface area (Å²) >= 11 is 0. The maximum absolute atomic E-state index is 11.9. The first-order chi connectivity index (χ1) is 13.2. The molecule has 0 radical (unpaired) electrons. The second-order valence-electron chi connectivity index (χ2n) is 7.52. The van der Waals surface area contributed by atoms with Crippen LogP contribution in [0.2, 0.25) is 0 Å². The Labute approximate surface area is 174 Å². The van der Waals surface area contributed by atoms with Crippen LogP contribution in [0.4, 0.5) is 10.5 Å². The van der Waals surface area contributed by atoms with Crippen molar-refractivity contribution >= 4 is 24.2 Å². The molecule has 0 bridgehead atoms. The molecule has 0 saturated heterocycles. The van der Waals surface area contributed by atoms with Crippen molar-refractivity contribution in [2.24, 2.45) is 5.92 Å². The van der Waals surface area contributed by atoms with Crippen LogP contribution in [0.25, 0.3) is 0 Å². The van der Waals surface area contributed by atoms with Crippen molar-refractivity contribution in [3.63, 3.8) is 0 Å². The Morgan fingerprint density at radius 3 is 2.39 bits per heavy atom. The van der Waals surface area contributed by atoms with E-state index in [2.05, 4.69) is 17.3 Å². The molecule has 0 aliphatic heterocycles. The fraction of sp³-hybridized carbons (Fsp3) is 0.435. The Morgan fingerprint density at radius 2 is 1.71 bits per heavy atom. The number of amides is 1. The number of nitrogens with zero attached hydrogens (tertiary/aromatic N) is 1. The van der Waals surface area contributed by atoms with Gasteiger partial charge in [0, 0.05) is 5.69 Å². The van der Waals surface area contributed by atoms with Gasteiger partial charge >= 0.3 is 6.09 Å². The van der Waals surface area contributed by atoms with Gasteiger partial charge in [-0.15, -0.1) is 12.4 Å².